The minimum Gasteiger partial charge on any atom is -0.494 e. The second kappa shape index (κ2) is 17.3. The van der Waals surface area contributed by atoms with E-state index in [1.165, 1.54) is 38.8 Å². The van der Waals surface area contributed by atoms with Crippen LogP contribution in [0.3, 0.4) is 0 Å². The summed E-state index contributed by atoms with van der Waals surface area (Å²) in [5, 5.41) is 0.789. The summed E-state index contributed by atoms with van der Waals surface area (Å²) in [6.45, 7) is 10.7. The number of anilines is 1. The molecule has 206 valence electrons. The molecule has 0 bridgehead atoms. The summed E-state index contributed by atoms with van der Waals surface area (Å²) in [7, 11) is 0. The number of nitrogen functional groups attached to an aromatic ring is 1. The number of rotatable bonds is 16. The first kappa shape index (κ1) is 32.8. The largest absolute Gasteiger partial charge is 0.494 e. The van der Waals surface area contributed by atoms with Gasteiger partial charge in [0.2, 0.25) is 0 Å². The summed E-state index contributed by atoms with van der Waals surface area (Å²) in [6, 6.07) is 13.0. The molecular formula is C30H44Cl2N2O3. The number of benzene rings is 2. The third-order valence-corrected chi connectivity index (χ3v) is 6.43. The van der Waals surface area contributed by atoms with Crippen LogP contribution in [0, 0.1) is 0 Å². The van der Waals surface area contributed by atoms with Crippen LogP contribution in [0.1, 0.15) is 87.4 Å². The zero-order chi connectivity index (χ0) is 25.0. The lowest BCUT2D eigenvalue weighted by Gasteiger charge is -2.21. The third-order valence-electron chi connectivity index (χ3n) is 6.43. The number of halogens is 2. The molecular weight excluding hydrogens is 507 g/mol. The lowest BCUT2D eigenvalue weighted by Crippen LogP contribution is -2.28. The van der Waals surface area contributed by atoms with Crippen LogP contribution in [0.15, 0.2) is 46.9 Å². The van der Waals surface area contributed by atoms with Crippen LogP contribution in [0.25, 0.3) is 11.0 Å². The molecule has 0 aliphatic heterocycles. The van der Waals surface area contributed by atoms with E-state index < -0.39 is 0 Å². The monoisotopic (exact) mass is 550 g/mol. The van der Waals surface area contributed by atoms with Crippen LogP contribution in [-0.2, 0) is 6.42 Å². The number of carbonyl (C=O) groups excluding carboxylic acids is 1. The Morgan fingerprint density at radius 1 is 0.865 bits per heavy atom. The fraction of sp³-hybridized carbons (Fsp3) is 0.500. The van der Waals surface area contributed by atoms with Gasteiger partial charge >= 0.3 is 0 Å². The Morgan fingerprint density at radius 2 is 1.49 bits per heavy atom. The highest BCUT2D eigenvalue weighted by atomic mass is 35.5. The number of nitrogens with two attached hydrogens (primary N) is 1. The molecule has 5 nitrogen and oxygen atoms in total. The summed E-state index contributed by atoms with van der Waals surface area (Å²) in [6.07, 6.45) is 8.69. The maximum Gasteiger partial charge on any atom is 0.197 e. The van der Waals surface area contributed by atoms with Gasteiger partial charge in [-0.15, -0.1) is 24.8 Å². The standard InChI is InChI=1S/C30H42N2O3.2ClH/c1-4-7-11-28-29(26-22-24(31)14-17-27(26)35-28)30(33)23-12-15-25(16-13-23)34-21-10-20-32(18-8-5-2)19-9-6-3;;/h12-17,22H,4-11,18-21,31H2,1-3H3;2*1H. The molecule has 0 aliphatic carbocycles. The van der Waals surface area contributed by atoms with Crippen molar-refractivity contribution in [3.63, 3.8) is 0 Å². The van der Waals surface area contributed by atoms with Crippen LogP contribution in [0.5, 0.6) is 5.75 Å². The summed E-state index contributed by atoms with van der Waals surface area (Å²) >= 11 is 0. The third kappa shape index (κ3) is 9.55. The van der Waals surface area contributed by atoms with Gasteiger partial charge in [0, 0.05) is 29.6 Å². The molecule has 1 aromatic heterocycles. The molecule has 3 rings (SSSR count). The van der Waals surface area contributed by atoms with E-state index in [9.17, 15) is 4.79 Å². The van der Waals surface area contributed by atoms with Crippen LogP contribution < -0.4 is 10.5 Å². The first-order valence-corrected chi connectivity index (χ1v) is 13.4. The average molecular weight is 552 g/mol. The summed E-state index contributed by atoms with van der Waals surface area (Å²) < 4.78 is 12.0. The van der Waals surface area contributed by atoms with E-state index in [1.54, 1.807) is 0 Å². The number of carbonyl (C=O) groups is 1. The highest BCUT2D eigenvalue weighted by Crippen LogP contribution is 2.31. The zero-order valence-electron chi connectivity index (χ0n) is 22.6. The van der Waals surface area contributed by atoms with Crippen molar-refractivity contribution in [3.05, 3.63) is 59.4 Å². The molecule has 0 unspecified atom stereocenters. The Balaban J connectivity index is 0.00000342. The number of hydrogen-bond acceptors (Lipinski definition) is 5. The van der Waals surface area contributed by atoms with Gasteiger partial charge in [-0.3, -0.25) is 4.79 Å². The van der Waals surface area contributed by atoms with E-state index in [0.29, 0.717) is 29.0 Å². The number of fused-ring (bicyclic) bond motifs is 1. The van der Waals surface area contributed by atoms with Crippen LogP contribution in [-0.4, -0.2) is 36.9 Å². The second-order valence-electron chi connectivity index (χ2n) is 9.36. The van der Waals surface area contributed by atoms with E-state index in [4.69, 9.17) is 14.9 Å². The van der Waals surface area contributed by atoms with Gasteiger partial charge in [0.1, 0.15) is 17.1 Å². The van der Waals surface area contributed by atoms with Crippen molar-refractivity contribution in [2.75, 3.05) is 32.0 Å². The van der Waals surface area contributed by atoms with Crippen molar-refractivity contribution < 1.29 is 13.9 Å². The number of aryl methyl sites for hydroxylation is 1. The van der Waals surface area contributed by atoms with Gasteiger partial charge in [0.25, 0.3) is 0 Å². The van der Waals surface area contributed by atoms with Crippen molar-refractivity contribution in [2.24, 2.45) is 0 Å². The summed E-state index contributed by atoms with van der Waals surface area (Å²) in [5.41, 5.74) is 8.61. The van der Waals surface area contributed by atoms with Crippen LogP contribution in [0.4, 0.5) is 5.69 Å². The fourth-order valence-electron chi connectivity index (χ4n) is 4.35. The van der Waals surface area contributed by atoms with Gasteiger partial charge < -0.3 is 19.8 Å². The smallest absolute Gasteiger partial charge is 0.197 e. The Labute approximate surface area is 234 Å². The minimum atomic E-state index is -0.0329. The molecule has 0 spiro atoms. The highest BCUT2D eigenvalue weighted by molar-refractivity contribution is 6.17. The van der Waals surface area contributed by atoms with E-state index in [0.717, 1.165) is 49.1 Å². The van der Waals surface area contributed by atoms with Crippen molar-refractivity contribution in [1.29, 1.82) is 0 Å². The van der Waals surface area contributed by atoms with Crippen LogP contribution in [0.2, 0.25) is 0 Å². The molecule has 0 saturated heterocycles. The molecule has 0 saturated carbocycles. The Kier molecular flexibility index (Phi) is 15.4. The van der Waals surface area contributed by atoms with Crippen molar-refractivity contribution >= 4 is 47.3 Å². The summed E-state index contributed by atoms with van der Waals surface area (Å²) in [4.78, 5) is 16.0. The molecule has 0 amide bonds. The first-order valence-electron chi connectivity index (χ1n) is 13.4. The number of ether oxygens (including phenoxy) is 1. The van der Waals surface area contributed by atoms with Crippen LogP contribution >= 0.6 is 24.8 Å². The maximum atomic E-state index is 13.5. The van der Waals surface area contributed by atoms with Gasteiger partial charge in [-0.2, -0.15) is 0 Å². The van der Waals surface area contributed by atoms with E-state index in [2.05, 4.69) is 25.7 Å². The molecule has 3 aromatic rings. The predicted molar refractivity (Wildman–Crippen MR) is 160 cm³/mol. The molecule has 7 heteroatoms. The molecule has 1 heterocycles. The number of furan rings is 1. The van der Waals surface area contributed by atoms with Crippen molar-refractivity contribution in [1.82, 2.24) is 4.90 Å². The van der Waals surface area contributed by atoms with Gasteiger partial charge in [-0.25, -0.2) is 0 Å². The lowest BCUT2D eigenvalue weighted by atomic mass is 9.98. The highest BCUT2D eigenvalue weighted by Gasteiger charge is 2.22. The van der Waals surface area contributed by atoms with Gasteiger partial charge in [-0.05, 0) is 81.2 Å². The molecule has 2 N–H and O–H groups in total. The topological polar surface area (TPSA) is 68.7 Å². The van der Waals surface area contributed by atoms with E-state index in [1.807, 2.05) is 42.5 Å². The zero-order valence-corrected chi connectivity index (χ0v) is 24.2. The van der Waals surface area contributed by atoms with Gasteiger partial charge in [0.15, 0.2) is 5.78 Å². The molecule has 0 radical (unpaired) electrons. The molecule has 37 heavy (non-hydrogen) atoms. The normalized spacial score (nSPS) is 10.8. The van der Waals surface area contributed by atoms with E-state index in [-0.39, 0.29) is 30.6 Å². The maximum absolute atomic E-state index is 13.5. The quantitative estimate of drug-likeness (QED) is 0.111. The Bertz CT molecular complexity index is 1060. The molecule has 0 fully saturated rings. The average Bonchev–Trinajstić information content (AvgIpc) is 3.23. The molecule has 0 aliphatic rings. The predicted octanol–water partition coefficient (Wildman–Crippen LogP) is 8.10. The van der Waals surface area contributed by atoms with Crippen molar-refractivity contribution in [3.8, 4) is 5.75 Å². The Hall–Kier alpha value is -2.21. The summed E-state index contributed by atoms with van der Waals surface area (Å²) in [5.74, 6) is 1.51. The number of nitrogens with zero attached hydrogens (tertiary/aromatic N) is 1. The lowest BCUT2D eigenvalue weighted by molar-refractivity contribution is 0.103. The fourth-order valence-corrected chi connectivity index (χ4v) is 4.35. The minimum absolute atomic E-state index is 0. The molecule has 0 atom stereocenters. The number of hydrogen-bond donors (Lipinski definition) is 1. The second-order valence-corrected chi connectivity index (χ2v) is 9.36. The SMILES string of the molecule is CCCCc1oc2ccc(N)cc2c1C(=O)c1ccc(OCCCN(CCCC)CCCC)cc1.Cl.Cl. The first-order chi connectivity index (χ1) is 17.1. The van der Waals surface area contributed by atoms with Gasteiger partial charge in [0.05, 0.1) is 12.2 Å². The Morgan fingerprint density at radius 3 is 2.11 bits per heavy atom. The molecule has 2 aromatic carbocycles. The number of ketones is 1. The van der Waals surface area contributed by atoms with Gasteiger partial charge in [-0.1, -0.05) is 40.0 Å². The number of unbranched alkanes of at least 4 members (excludes halogenated alkanes) is 3. The van der Waals surface area contributed by atoms with E-state index >= 15 is 0 Å². The van der Waals surface area contributed by atoms with Crippen molar-refractivity contribution in [2.45, 2.75) is 72.1 Å².